The van der Waals surface area contributed by atoms with Gasteiger partial charge in [-0.2, -0.15) is 0 Å². The molecule has 5 heteroatoms. The normalized spacial score (nSPS) is 24.1. The van der Waals surface area contributed by atoms with Crippen molar-refractivity contribution < 1.29 is 14.3 Å². The lowest BCUT2D eigenvalue weighted by Crippen LogP contribution is -2.51. The van der Waals surface area contributed by atoms with Gasteiger partial charge < -0.3 is 19.7 Å². The molecule has 0 bridgehead atoms. The minimum atomic E-state index is -0.427. The van der Waals surface area contributed by atoms with Gasteiger partial charge in [0.05, 0.1) is 19.3 Å². The van der Waals surface area contributed by atoms with Gasteiger partial charge in [-0.15, -0.1) is 0 Å². The van der Waals surface area contributed by atoms with Crippen molar-refractivity contribution in [1.29, 1.82) is 0 Å². The number of amides is 2. The molecule has 1 aromatic rings. The molecule has 2 heterocycles. The maximum atomic E-state index is 12.7. The Balaban J connectivity index is 1.38. The summed E-state index contributed by atoms with van der Waals surface area (Å²) >= 11 is 0. The van der Waals surface area contributed by atoms with Crippen molar-refractivity contribution in [2.45, 2.75) is 44.4 Å². The molecule has 3 fully saturated rings. The monoisotopic (exact) mass is 330 g/mol. The fourth-order valence-electron chi connectivity index (χ4n) is 3.74. The number of urea groups is 1. The van der Waals surface area contributed by atoms with Gasteiger partial charge in [0.25, 0.3) is 0 Å². The zero-order valence-electron chi connectivity index (χ0n) is 14.3. The van der Waals surface area contributed by atoms with Crippen LogP contribution >= 0.6 is 0 Å². The van der Waals surface area contributed by atoms with E-state index in [-0.39, 0.29) is 12.1 Å². The lowest BCUT2D eigenvalue weighted by atomic mass is 10.0. The number of rotatable bonds is 3. The maximum absolute atomic E-state index is 12.7. The molecule has 0 radical (unpaired) electrons. The molecule has 1 spiro atoms. The van der Waals surface area contributed by atoms with Crippen LogP contribution in [0.25, 0.3) is 0 Å². The number of benzene rings is 1. The van der Waals surface area contributed by atoms with Crippen molar-refractivity contribution >= 4 is 6.03 Å². The number of piperidine rings is 1. The van der Waals surface area contributed by atoms with Gasteiger partial charge in [0.15, 0.2) is 5.79 Å². The molecular formula is C19H26N2O3. The molecular weight excluding hydrogens is 304 g/mol. The molecule has 1 atom stereocenters. The molecule has 130 valence electrons. The molecule has 1 aromatic carbocycles. The number of nitrogens with zero attached hydrogens (tertiary/aromatic N) is 1. The summed E-state index contributed by atoms with van der Waals surface area (Å²) in [5, 5.41) is 3.27. The van der Waals surface area contributed by atoms with Crippen LogP contribution in [0.15, 0.2) is 24.3 Å². The summed E-state index contributed by atoms with van der Waals surface area (Å²) in [7, 11) is 0. The van der Waals surface area contributed by atoms with Crippen LogP contribution in [0, 0.1) is 12.8 Å². The highest BCUT2D eigenvalue weighted by Crippen LogP contribution is 2.41. The minimum Gasteiger partial charge on any atom is -0.347 e. The number of hydrogen-bond acceptors (Lipinski definition) is 3. The van der Waals surface area contributed by atoms with Gasteiger partial charge in [-0.1, -0.05) is 29.8 Å². The van der Waals surface area contributed by atoms with Crippen LogP contribution in [0.1, 0.15) is 42.9 Å². The predicted octanol–water partition coefficient (Wildman–Crippen LogP) is 2.99. The average Bonchev–Trinajstić information content (AvgIpc) is 3.35. The number of ether oxygens (including phenoxy) is 2. The van der Waals surface area contributed by atoms with E-state index in [2.05, 4.69) is 36.5 Å². The zero-order valence-corrected chi connectivity index (χ0v) is 14.3. The Kier molecular flexibility index (Phi) is 4.22. The van der Waals surface area contributed by atoms with Crippen LogP contribution in [0.5, 0.6) is 0 Å². The molecule has 1 saturated carbocycles. The molecule has 0 unspecified atom stereocenters. The van der Waals surface area contributed by atoms with Gasteiger partial charge in [-0.3, -0.25) is 0 Å². The van der Waals surface area contributed by atoms with Crippen molar-refractivity contribution in [2.75, 3.05) is 26.3 Å². The Labute approximate surface area is 143 Å². The zero-order chi connectivity index (χ0) is 16.6. The first-order valence-corrected chi connectivity index (χ1v) is 9.05. The molecule has 1 N–H and O–H groups in total. The fraction of sp³-hybridized carbons (Fsp3) is 0.632. The van der Waals surface area contributed by atoms with E-state index in [4.69, 9.17) is 9.47 Å². The second-order valence-corrected chi connectivity index (χ2v) is 7.27. The van der Waals surface area contributed by atoms with Crippen LogP contribution in [-0.2, 0) is 9.47 Å². The van der Waals surface area contributed by atoms with E-state index in [0.717, 1.165) is 12.8 Å². The highest BCUT2D eigenvalue weighted by molar-refractivity contribution is 5.75. The van der Waals surface area contributed by atoms with Crippen molar-refractivity contribution in [3.05, 3.63) is 35.4 Å². The Morgan fingerprint density at radius 3 is 2.38 bits per heavy atom. The van der Waals surface area contributed by atoms with Gasteiger partial charge >= 0.3 is 6.03 Å². The van der Waals surface area contributed by atoms with E-state index in [1.54, 1.807) is 0 Å². The SMILES string of the molecule is Cc1ccc([C@H](NC(=O)N2CCC3(CC2)OCCO3)C2CC2)cc1. The summed E-state index contributed by atoms with van der Waals surface area (Å²) < 4.78 is 11.5. The quantitative estimate of drug-likeness (QED) is 0.927. The lowest BCUT2D eigenvalue weighted by molar-refractivity contribution is -0.181. The number of hydrogen-bond donors (Lipinski definition) is 1. The van der Waals surface area contributed by atoms with Crippen LogP contribution in [0.4, 0.5) is 4.79 Å². The summed E-state index contributed by atoms with van der Waals surface area (Å²) in [6.45, 7) is 4.81. The second-order valence-electron chi connectivity index (χ2n) is 7.27. The predicted molar refractivity (Wildman–Crippen MR) is 90.6 cm³/mol. The average molecular weight is 330 g/mol. The third kappa shape index (κ3) is 3.28. The van der Waals surface area contributed by atoms with Gasteiger partial charge in [0.1, 0.15) is 0 Å². The lowest BCUT2D eigenvalue weighted by Gasteiger charge is -2.38. The molecule has 2 saturated heterocycles. The number of carbonyl (C=O) groups excluding carboxylic acids is 1. The Morgan fingerprint density at radius 2 is 1.79 bits per heavy atom. The molecule has 2 amide bonds. The summed E-state index contributed by atoms with van der Waals surface area (Å²) in [6.07, 6.45) is 3.92. The van der Waals surface area contributed by atoms with Crippen LogP contribution in [-0.4, -0.2) is 43.0 Å². The summed E-state index contributed by atoms with van der Waals surface area (Å²) in [5.41, 5.74) is 2.46. The first-order valence-electron chi connectivity index (χ1n) is 9.05. The summed E-state index contributed by atoms with van der Waals surface area (Å²) in [5.74, 6) is 0.151. The second kappa shape index (κ2) is 6.37. The third-order valence-electron chi connectivity index (χ3n) is 5.43. The topological polar surface area (TPSA) is 50.8 Å². The highest BCUT2D eigenvalue weighted by atomic mass is 16.7. The van der Waals surface area contributed by atoms with Gasteiger partial charge in [-0.25, -0.2) is 4.79 Å². The summed E-state index contributed by atoms with van der Waals surface area (Å²) in [6, 6.07) is 8.70. The largest absolute Gasteiger partial charge is 0.347 e. The van der Waals surface area contributed by atoms with E-state index >= 15 is 0 Å². The van der Waals surface area contributed by atoms with Crippen LogP contribution < -0.4 is 5.32 Å². The molecule has 2 aliphatic heterocycles. The number of aryl methyl sites for hydroxylation is 1. The van der Waals surface area contributed by atoms with Crippen molar-refractivity contribution in [2.24, 2.45) is 5.92 Å². The molecule has 3 aliphatic rings. The van der Waals surface area contributed by atoms with Crippen molar-refractivity contribution in [3.8, 4) is 0 Å². The van der Waals surface area contributed by atoms with E-state index in [1.165, 1.54) is 24.0 Å². The van der Waals surface area contributed by atoms with Crippen molar-refractivity contribution in [1.82, 2.24) is 10.2 Å². The Bertz CT molecular complexity index is 581. The van der Waals surface area contributed by atoms with Gasteiger partial charge in [0, 0.05) is 25.9 Å². The number of likely N-dealkylation sites (tertiary alicyclic amines) is 1. The maximum Gasteiger partial charge on any atom is 0.317 e. The number of carbonyl (C=O) groups is 1. The molecule has 1 aliphatic carbocycles. The Hall–Kier alpha value is -1.59. The number of nitrogens with one attached hydrogen (secondary N) is 1. The van der Waals surface area contributed by atoms with Gasteiger partial charge in [-0.05, 0) is 31.2 Å². The first-order chi connectivity index (χ1) is 11.7. The van der Waals surface area contributed by atoms with Crippen molar-refractivity contribution in [3.63, 3.8) is 0 Å². The standard InChI is InChI=1S/C19H26N2O3/c1-14-2-4-15(5-3-14)17(16-6-7-16)20-18(22)21-10-8-19(9-11-21)23-12-13-24-19/h2-5,16-17H,6-13H2,1H3,(H,20,22)/t17-/m0/s1. The fourth-order valence-corrected chi connectivity index (χ4v) is 3.74. The van der Waals surface area contributed by atoms with Gasteiger partial charge in [0.2, 0.25) is 0 Å². The Morgan fingerprint density at radius 1 is 1.17 bits per heavy atom. The van der Waals surface area contributed by atoms with E-state index in [0.29, 0.717) is 32.2 Å². The highest BCUT2D eigenvalue weighted by Gasteiger charge is 2.41. The molecule has 24 heavy (non-hydrogen) atoms. The molecule has 5 nitrogen and oxygen atoms in total. The molecule has 0 aromatic heterocycles. The van der Waals surface area contributed by atoms with E-state index in [1.807, 2.05) is 4.90 Å². The van der Waals surface area contributed by atoms with Crippen LogP contribution in [0.2, 0.25) is 0 Å². The first kappa shape index (κ1) is 15.9. The van der Waals surface area contributed by atoms with Crippen LogP contribution in [0.3, 0.4) is 0 Å². The molecule has 4 rings (SSSR count). The summed E-state index contributed by atoms with van der Waals surface area (Å²) in [4.78, 5) is 14.6. The third-order valence-corrected chi connectivity index (χ3v) is 5.43. The van der Waals surface area contributed by atoms with E-state index < -0.39 is 5.79 Å². The minimum absolute atomic E-state index is 0.0420. The van der Waals surface area contributed by atoms with E-state index in [9.17, 15) is 4.79 Å². The smallest absolute Gasteiger partial charge is 0.317 e.